The van der Waals surface area contributed by atoms with Gasteiger partial charge < -0.3 is 14.1 Å². The molecule has 0 unspecified atom stereocenters. The van der Waals surface area contributed by atoms with Gasteiger partial charge in [-0.1, -0.05) is 18.2 Å². The van der Waals surface area contributed by atoms with Crippen LogP contribution in [0.4, 0.5) is 0 Å². The summed E-state index contributed by atoms with van der Waals surface area (Å²) in [6, 6.07) is 9.38. The van der Waals surface area contributed by atoms with E-state index in [0.29, 0.717) is 35.6 Å². The SMILES string of the molecule is Cc1cc(Oc2ccccc2C)nc([C@H]2CCCN2C(=O)c2oc(C)nc2C)n1. The summed E-state index contributed by atoms with van der Waals surface area (Å²) >= 11 is 0. The van der Waals surface area contributed by atoms with Gasteiger partial charge in [0.15, 0.2) is 11.7 Å². The van der Waals surface area contributed by atoms with Crippen LogP contribution in [0.3, 0.4) is 0 Å². The molecule has 4 rings (SSSR count). The summed E-state index contributed by atoms with van der Waals surface area (Å²) in [5.41, 5.74) is 2.43. The molecule has 1 saturated heterocycles. The molecule has 1 aliphatic heterocycles. The molecule has 7 heteroatoms. The fourth-order valence-corrected chi connectivity index (χ4v) is 3.69. The molecule has 2 aromatic heterocycles. The Balaban J connectivity index is 1.63. The van der Waals surface area contributed by atoms with E-state index in [4.69, 9.17) is 9.15 Å². The zero-order valence-corrected chi connectivity index (χ0v) is 17.1. The van der Waals surface area contributed by atoms with Crippen LogP contribution in [0, 0.1) is 27.7 Å². The molecule has 1 aliphatic rings. The van der Waals surface area contributed by atoms with Gasteiger partial charge in [-0.15, -0.1) is 0 Å². The van der Waals surface area contributed by atoms with Gasteiger partial charge in [-0.25, -0.2) is 9.97 Å². The lowest BCUT2D eigenvalue weighted by atomic mass is 10.2. The minimum atomic E-state index is -0.216. The van der Waals surface area contributed by atoms with Crippen molar-refractivity contribution < 1.29 is 13.9 Å². The quantitative estimate of drug-likeness (QED) is 0.652. The molecule has 0 aliphatic carbocycles. The smallest absolute Gasteiger partial charge is 0.292 e. The number of carbonyl (C=O) groups is 1. The molecule has 3 aromatic rings. The lowest BCUT2D eigenvalue weighted by molar-refractivity contribution is 0.0694. The highest BCUT2D eigenvalue weighted by Crippen LogP contribution is 2.33. The molecular formula is C22H24N4O3. The van der Waals surface area contributed by atoms with Crippen molar-refractivity contribution in [3.05, 3.63) is 64.8 Å². The van der Waals surface area contributed by atoms with E-state index in [1.165, 1.54) is 0 Å². The van der Waals surface area contributed by atoms with Crippen molar-refractivity contribution in [3.63, 3.8) is 0 Å². The zero-order valence-electron chi connectivity index (χ0n) is 17.1. The Morgan fingerprint density at radius 3 is 2.66 bits per heavy atom. The minimum absolute atomic E-state index is 0.169. The molecule has 0 N–H and O–H groups in total. The molecular weight excluding hydrogens is 368 g/mol. The van der Waals surface area contributed by atoms with Gasteiger partial charge in [0.2, 0.25) is 11.6 Å². The van der Waals surface area contributed by atoms with Crippen LogP contribution in [0.1, 0.15) is 58.1 Å². The van der Waals surface area contributed by atoms with Gasteiger partial charge in [-0.2, -0.15) is 4.98 Å². The molecule has 1 fully saturated rings. The van der Waals surface area contributed by atoms with E-state index in [2.05, 4.69) is 15.0 Å². The molecule has 7 nitrogen and oxygen atoms in total. The number of rotatable bonds is 4. The number of likely N-dealkylation sites (tertiary alicyclic amines) is 1. The summed E-state index contributed by atoms with van der Waals surface area (Å²) in [5, 5.41) is 0. The number of amides is 1. The topological polar surface area (TPSA) is 81.4 Å². The third-order valence-corrected chi connectivity index (χ3v) is 5.07. The van der Waals surface area contributed by atoms with Crippen LogP contribution in [0.5, 0.6) is 11.6 Å². The van der Waals surface area contributed by atoms with E-state index in [9.17, 15) is 4.79 Å². The fourth-order valence-electron chi connectivity index (χ4n) is 3.69. The number of carbonyl (C=O) groups excluding carboxylic acids is 1. The Kier molecular flexibility index (Phi) is 5.05. The van der Waals surface area contributed by atoms with Crippen molar-refractivity contribution in [3.8, 4) is 11.6 Å². The van der Waals surface area contributed by atoms with Crippen molar-refractivity contribution in [2.45, 2.75) is 46.6 Å². The minimum Gasteiger partial charge on any atom is -0.439 e. The largest absolute Gasteiger partial charge is 0.439 e. The van der Waals surface area contributed by atoms with Gasteiger partial charge in [0, 0.05) is 25.2 Å². The predicted octanol–water partition coefficient (Wildman–Crippen LogP) is 4.47. The lowest BCUT2D eigenvalue weighted by Gasteiger charge is -2.23. The normalized spacial score (nSPS) is 16.3. The summed E-state index contributed by atoms with van der Waals surface area (Å²) in [4.78, 5) is 28.3. The number of nitrogens with zero attached hydrogens (tertiary/aromatic N) is 4. The molecule has 1 amide bonds. The summed E-state index contributed by atoms with van der Waals surface area (Å²) < 4.78 is 11.6. The Bertz CT molecular complexity index is 1060. The van der Waals surface area contributed by atoms with E-state index in [0.717, 1.165) is 29.8 Å². The molecule has 0 spiro atoms. The highest BCUT2D eigenvalue weighted by molar-refractivity contribution is 5.92. The second-order valence-corrected chi connectivity index (χ2v) is 7.38. The Hall–Kier alpha value is -3.22. The lowest BCUT2D eigenvalue weighted by Crippen LogP contribution is -2.31. The zero-order chi connectivity index (χ0) is 20.5. The predicted molar refractivity (Wildman–Crippen MR) is 107 cm³/mol. The van der Waals surface area contributed by atoms with Gasteiger partial charge in [-0.05, 0) is 45.2 Å². The van der Waals surface area contributed by atoms with E-state index in [-0.39, 0.29) is 11.9 Å². The highest BCUT2D eigenvalue weighted by atomic mass is 16.5. The van der Waals surface area contributed by atoms with E-state index in [1.54, 1.807) is 24.8 Å². The average molecular weight is 392 g/mol. The first-order valence-corrected chi connectivity index (χ1v) is 9.76. The molecule has 0 radical (unpaired) electrons. The van der Waals surface area contributed by atoms with Crippen LogP contribution in [0.15, 0.2) is 34.7 Å². The van der Waals surface area contributed by atoms with Gasteiger partial charge >= 0.3 is 0 Å². The Morgan fingerprint density at radius 1 is 1.14 bits per heavy atom. The monoisotopic (exact) mass is 392 g/mol. The molecule has 3 heterocycles. The van der Waals surface area contributed by atoms with Gasteiger partial charge in [-0.3, -0.25) is 4.79 Å². The van der Waals surface area contributed by atoms with E-state index < -0.39 is 0 Å². The standard InChI is InChI=1S/C22H24N4O3/c1-13-8-5-6-10-18(13)29-19-12-14(2)23-21(25-19)17-9-7-11-26(17)22(27)20-15(3)24-16(4)28-20/h5-6,8,10,12,17H,7,9,11H2,1-4H3/t17-/m1/s1. The van der Waals surface area contributed by atoms with Crippen LogP contribution < -0.4 is 4.74 Å². The first kappa shape index (κ1) is 19.1. The summed E-state index contributed by atoms with van der Waals surface area (Å²) in [5.74, 6) is 2.43. The number of ether oxygens (including phenoxy) is 1. The number of oxazole rings is 1. The maximum absolute atomic E-state index is 13.1. The van der Waals surface area contributed by atoms with E-state index >= 15 is 0 Å². The first-order valence-electron chi connectivity index (χ1n) is 9.76. The Labute approximate surface area is 169 Å². The van der Waals surface area contributed by atoms with Gasteiger partial charge in [0.05, 0.1) is 11.7 Å². The van der Waals surface area contributed by atoms with Crippen molar-refractivity contribution >= 4 is 5.91 Å². The first-order chi connectivity index (χ1) is 13.9. The van der Waals surface area contributed by atoms with Crippen molar-refractivity contribution in [2.75, 3.05) is 6.54 Å². The average Bonchev–Trinajstić information content (AvgIpc) is 3.29. The van der Waals surface area contributed by atoms with Crippen LogP contribution >= 0.6 is 0 Å². The van der Waals surface area contributed by atoms with Crippen LogP contribution in [-0.2, 0) is 0 Å². The molecule has 150 valence electrons. The molecule has 1 atom stereocenters. The third-order valence-electron chi connectivity index (χ3n) is 5.07. The maximum Gasteiger partial charge on any atom is 0.292 e. The second-order valence-electron chi connectivity index (χ2n) is 7.38. The van der Waals surface area contributed by atoms with Crippen molar-refractivity contribution in [2.24, 2.45) is 0 Å². The maximum atomic E-state index is 13.1. The number of aryl methyl sites for hydroxylation is 4. The van der Waals surface area contributed by atoms with E-state index in [1.807, 2.05) is 38.1 Å². The van der Waals surface area contributed by atoms with Gasteiger partial charge in [0.25, 0.3) is 5.91 Å². The molecule has 1 aromatic carbocycles. The van der Waals surface area contributed by atoms with Crippen LogP contribution in [-0.4, -0.2) is 32.3 Å². The number of aromatic nitrogens is 3. The number of benzene rings is 1. The summed E-state index contributed by atoms with van der Waals surface area (Å²) in [7, 11) is 0. The highest BCUT2D eigenvalue weighted by Gasteiger charge is 2.35. The number of hydrogen-bond donors (Lipinski definition) is 0. The fraction of sp³-hybridized carbons (Fsp3) is 0.364. The Morgan fingerprint density at radius 2 is 1.93 bits per heavy atom. The van der Waals surface area contributed by atoms with Crippen molar-refractivity contribution in [1.82, 2.24) is 19.9 Å². The molecule has 0 saturated carbocycles. The van der Waals surface area contributed by atoms with Crippen LogP contribution in [0.2, 0.25) is 0 Å². The van der Waals surface area contributed by atoms with Crippen molar-refractivity contribution in [1.29, 1.82) is 0 Å². The number of para-hydroxylation sites is 1. The van der Waals surface area contributed by atoms with Gasteiger partial charge in [0.1, 0.15) is 5.75 Å². The molecule has 0 bridgehead atoms. The summed E-state index contributed by atoms with van der Waals surface area (Å²) in [6.07, 6.45) is 1.68. The summed E-state index contributed by atoms with van der Waals surface area (Å²) in [6.45, 7) is 8.05. The van der Waals surface area contributed by atoms with Crippen LogP contribution in [0.25, 0.3) is 0 Å². The second kappa shape index (κ2) is 7.66. The molecule has 29 heavy (non-hydrogen) atoms. The number of hydrogen-bond acceptors (Lipinski definition) is 6. The third kappa shape index (κ3) is 3.85.